The number of hydrogen-bond donors (Lipinski definition) is 0. The molecule has 7 heteroatoms. The Morgan fingerprint density at radius 3 is 2.57 bits per heavy atom. The van der Waals surface area contributed by atoms with Gasteiger partial charge in [0.1, 0.15) is 0 Å². The van der Waals surface area contributed by atoms with Crippen molar-refractivity contribution in [1.29, 1.82) is 0 Å². The molecule has 0 aliphatic heterocycles. The molecule has 1 aromatic heterocycles. The normalized spacial score (nSPS) is 27.4. The maximum Gasteiger partial charge on any atom is 0.357 e. The zero-order valence-electron chi connectivity index (χ0n) is 13.5. The van der Waals surface area contributed by atoms with E-state index < -0.39 is 17.3 Å². The van der Waals surface area contributed by atoms with E-state index in [0.717, 1.165) is 15.7 Å². The minimum atomic E-state index is -2.59. The van der Waals surface area contributed by atoms with Crippen molar-refractivity contribution >= 4 is 28.6 Å². The van der Waals surface area contributed by atoms with E-state index >= 15 is 0 Å². The van der Waals surface area contributed by atoms with Gasteiger partial charge in [0.2, 0.25) is 5.92 Å². The van der Waals surface area contributed by atoms with Gasteiger partial charge in [-0.25, -0.2) is 13.6 Å². The first kappa shape index (κ1) is 17.1. The van der Waals surface area contributed by atoms with Gasteiger partial charge in [0.15, 0.2) is 5.69 Å². The quantitative estimate of drug-likeness (QED) is 0.511. The standard InChI is InChI=1S/C16H21F2IN2O2/c1-4-23-14(22)13-11(19)12(10-5-9(10)2)20-21(13)8-15(3)6-16(17,18)7-15/h9-10H,4-8H2,1-3H3/t9-,10-/m1/s1. The van der Waals surface area contributed by atoms with Crippen LogP contribution in [0.4, 0.5) is 8.78 Å². The van der Waals surface area contributed by atoms with Gasteiger partial charge >= 0.3 is 5.97 Å². The van der Waals surface area contributed by atoms with Crippen LogP contribution in [0, 0.1) is 14.9 Å². The highest BCUT2D eigenvalue weighted by molar-refractivity contribution is 14.1. The molecule has 23 heavy (non-hydrogen) atoms. The van der Waals surface area contributed by atoms with Crippen molar-refractivity contribution in [1.82, 2.24) is 9.78 Å². The van der Waals surface area contributed by atoms with Crippen molar-refractivity contribution in [2.75, 3.05) is 6.61 Å². The third-order valence-electron chi connectivity index (χ3n) is 4.75. The van der Waals surface area contributed by atoms with E-state index in [2.05, 4.69) is 34.6 Å². The largest absolute Gasteiger partial charge is 0.461 e. The molecule has 0 spiro atoms. The first-order chi connectivity index (χ1) is 10.7. The topological polar surface area (TPSA) is 44.1 Å². The number of ether oxygens (including phenoxy) is 1. The molecule has 3 rings (SSSR count). The van der Waals surface area contributed by atoms with Gasteiger partial charge in [-0.15, -0.1) is 0 Å². The fourth-order valence-electron chi connectivity index (χ4n) is 3.58. The first-order valence-electron chi connectivity index (χ1n) is 7.97. The summed E-state index contributed by atoms with van der Waals surface area (Å²) in [4.78, 5) is 12.3. The lowest BCUT2D eigenvalue weighted by Gasteiger charge is -2.44. The number of halogens is 3. The van der Waals surface area contributed by atoms with Crippen molar-refractivity contribution in [3.05, 3.63) is 15.0 Å². The van der Waals surface area contributed by atoms with Crippen LogP contribution in [0.15, 0.2) is 0 Å². The average Bonchev–Trinajstić information content (AvgIpc) is 3.01. The second-order valence-electron chi connectivity index (χ2n) is 7.27. The minimum Gasteiger partial charge on any atom is -0.461 e. The molecular formula is C16H21F2IN2O2. The molecule has 1 aromatic rings. The summed E-state index contributed by atoms with van der Waals surface area (Å²) in [7, 11) is 0. The third-order valence-corrected chi connectivity index (χ3v) is 5.81. The number of rotatable bonds is 5. The summed E-state index contributed by atoms with van der Waals surface area (Å²) in [5.74, 6) is -2.08. The summed E-state index contributed by atoms with van der Waals surface area (Å²) < 4.78 is 34.1. The monoisotopic (exact) mass is 438 g/mol. The number of aromatic nitrogens is 2. The van der Waals surface area contributed by atoms with E-state index in [1.54, 1.807) is 11.6 Å². The van der Waals surface area contributed by atoms with Crippen molar-refractivity contribution in [3.63, 3.8) is 0 Å². The van der Waals surface area contributed by atoms with Gasteiger partial charge in [0.05, 0.1) is 15.9 Å². The number of hydrogen-bond acceptors (Lipinski definition) is 3. The Morgan fingerprint density at radius 2 is 2.09 bits per heavy atom. The van der Waals surface area contributed by atoms with Crippen LogP contribution in [0.25, 0.3) is 0 Å². The number of carbonyl (C=O) groups is 1. The predicted octanol–water partition coefficient (Wildman–Crippen LogP) is 4.22. The van der Waals surface area contributed by atoms with E-state index in [0.29, 0.717) is 24.1 Å². The summed E-state index contributed by atoms with van der Waals surface area (Å²) >= 11 is 2.14. The Morgan fingerprint density at radius 1 is 1.48 bits per heavy atom. The van der Waals surface area contributed by atoms with Crippen molar-refractivity contribution in [2.24, 2.45) is 11.3 Å². The van der Waals surface area contributed by atoms with Crippen LogP contribution in [-0.2, 0) is 11.3 Å². The maximum absolute atomic E-state index is 13.3. The summed E-state index contributed by atoms with van der Waals surface area (Å²) in [5.41, 5.74) is 0.806. The molecule has 0 unspecified atom stereocenters. The number of alkyl halides is 2. The van der Waals surface area contributed by atoms with Gasteiger partial charge in [0.25, 0.3) is 0 Å². The Bertz CT molecular complexity index is 636. The lowest BCUT2D eigenvalue weighted by molar-refractivity contribution is -0.160. The van der Waals surface area contributed by atoms with Crippen molar-refractivity contribution in [2.45, 2.75) is 58.4 Å². The Labute approximate surface area is 148 Å². The van der Waals surface area contributed by atoms with E-state index in [1.165, 1.54) is 0 Å². The second-order valence-corrected chi connectivity index (χ2v) is 8.34. The molecule has 2 atom stereocenters. The Hall–Kier alpha value is -0.730. The minimum absolute atomic E-state index is 0.159. The summed E-state index contributed by atoms with van der Waals surface area (Å²) in [6, 6.07) is 0. The molecule has 2 aliphatic rings. The summed E-state index contributed by atoms with van der Waals surface area (Å²) in [6.07, 6.45) is 0.742. The lowest BCUT2D eigenvalue weighted by Crippen LogP contribution is -2.47. The van der Waals surface area contributed by atoms with Crippen molar-refractivity contribution < 1.29 is 18.3 Å². The van der Waals surface area contributed by atoms with E-state index in [9.17, 15) is 13.6 Å². The molecule has 1 heterocycles. The predicted molar refractivity (Wildman–Crippen MR) is 89.7 cm³/mol. The second kappa shape index (κ2) is 5.67. The van der Waals surface area contributed by atoms with Crippen molar-refractivity contribution in [3.8, 4) is 0 Å². The fourth-order valence-corrected chi connectivity index (χ4v) is 4.58. The zero-order chi connectivity index (χ0) is 17.0. The van der Waals surface area contributed by atoms with Crippen LogP contribution in [-0.4, -0.2) is 28.3 Å². The van der Waals surface area contributed by atoms with Crippen LogP contribution in [0.2, 0.25) is 0 Å². The van der Waals surface area contributed by atoms with Crippen LogP contribution >= 0.6 is 22.6 Å². The molecule has 0 amide bonds. The zero-order valence-corrected chi connectivity index (χ0v) is 15.7. The average molecular weight is 438 g/mol. The van der Waals surface area contributed by atoms with Gasteiger partial charge in [-0.1, -0.05) is 13.8 Å². The van der Waals surface area contributed by atoms with Gasteiger partial charge in [-0.05, 0) is 47.3 Å². The van der Waals surface area contributed by atoms with E-state index in [4.69, 9.17) is 4.74 Å². The highest BCUT2D eigenvalue weighted by Gasteiger charge is 2.54. The van der Waals surface area contributed by atoms with Crippen LogP contribution in [0.3, 0.4) is 0 Å². The van der Waals surface area contributed by atoms with Gasteiger partial charge in [-0.3, -0.25) is 4.68 Å². The first-order valence-corrected chi connectivity index (χ1v) is 9.05. The smallest absolute Gasteiger partial charge is 0.357 e. The Balaban J connectivity index is 1.90. The molecule has 128 valence electrons. The lowest BCUT2D eigenvalue weighted by atomic mass is 9.67. The molecule has 2 aliphatic carbocycles. The van der Waals surface area contributed by atoms with Gasteiger partial charge in [-0.2, -0.15) is 5.10 Å². The summed E-state index contributed by atoms with van der Waals surface area (Å²) in [6.45, 7) is 6.34. The molecule has 0 radical (unpaired) electrons. The SMILES string of the molecule is CCOC(=O)c1c(I)c([C@@H]2C[C@H]2C)nn1CC1(C)CC(F)(F)C1. The molecule has 0 bridgehead atoms. The number of esters is 1. The fraction of sp³-hybridized carbons (Fsp3) is 0.750. The van der Waals surface area contributed by atoms with E-state index in [1.807, 2.05) is 6.92 Å². The van der Waals surface area contributed by atoms with E-state index in [-0.39, 0.29) is 19.4 Å². The molecule has 0 N–H and O–H groups in total. The molecule has 0 aromatic carbocycles. The molecular weight excluding hydrogens is 417 g/mol. The van der Waals surface area contributed by atoms with Gasteiger partial charge in [0, 0.05) is 25.3 Å². The molecule has 2 saturated carbocycles. The van der Waals surface area contributed by atoms with Crippen LogP contribution in [0.1, 0.15) is 62.1 Å². The number of nitrogens with zero attached hydrogens (tertiary/aromatic N) is 2. The Kier molecular flexibility index (Phi) is 4.21. The highest BCUT2D eigenvalue weighted by Crippen LogP contribution is 2.53. The third kappa shape index (κ3) is 3.25. The molecule has 0 saturated heterocycles. The molecule has 4 nitrogen and oxygen atoms in total. The van der Waals surface area contributed by atoms with Crippen LogP contribution in [0.5, 0.6) is 0 Å². The van der Waals surface area contributed by atoms with Crippen LogP contribution < -0.4 is 0 Å². The highest BCUT2D eigenvalue weighted by atomic mass is 127. The number of carbonyl (C=O) groups excluding carboxylic acids is 1. The molecule has 2 fully saturated rings. The summed E-state index contributed by atoms with van der Waals surface area (Å²) in [5, 5.41) is 4.60. The van der Waals surface area contributed by atoms with Gasteiger partial charge < -0.3 is 4.74 Å². The maximum atomic E-state index is 13.3.